The van der Waals surface area contributed by atoms with Crippen LogP contribution < -0.4 is 0 Å². The lowest BCUT2D eigenvalue weighted by Gasteiger charge is -2.32. The summed E-state index contributed by atoms with van der Waals surface area (Å²) in [6.45, 7) is 0.774. The van der Waals surface area contributed by atoms with Crippen molar-refractivity contribution in [1.29, 1.82) is 0 Å². The van der Waals surface area contributed by atoms with Gasteiger partial charge in [-0.2, -0.15) is 0 Å². The normalized spacial score (nSPS) is 35.7. The number of ether oxygens (including phenoxy) is 1. The van der Waals surface area contributed by atoms with E-state index >= 15 is 0 Å². The summed E-state index contributed by atoms with van der Waals surface area (Å²) in [6.07, 6.45) is 2.72. The number of likely N-dealkylation sites (tertiary alicyclic amines) is 1. The molecule has 0 spiro atoms. The third-order valence-electron chi connectivity index (χ3n) is 3.42. The molecule has 0 bridgehead atoms. The fourth-order valence-electron chi connectivity index (χ4n) is 2.70. The third-order valence-corrected chi connectivity index (χ3v) is 3.42. The lowest BCUT2D eigenvalue weighted by atomic mass is 9.84. The van der Waals surface area contributed by atoms with E-state index in [0.717, 1.165) is 32.2 Å². The van der Waals surface area contributed by atoms with Gasteiger partial charge < -0.3 is 9.84 Å². The Morgan fingerprint density at radius 3 is 3.07 bits per heavy atom. The summed E-state index contributed by atoms with van der Waals surface area (Å²) in [7, 11) is 1.49. The minimum atomic E-state index is -0.837. The van der Waals surface area contributed by atoms with Gasteiger partial charge >= 0.3 is 0 Å². The van der Waals surface area contributed by atoms with E-state index in [1.807, 2.05) is 4.90 Å². The topological polar surface area (TPSA) is 49.8 Å². The van der Waals surface area contributed by atoms with Crippen molar-refractivity contribution in [3.63, 3.8) is 0 Å². The van der Waals surface area contributed by atoms with Crippen LogP contribution in [0.3, 0.4) is 0 Å². The minimum absolute atomic E-state index is 0.147. The number of aliphatic hydroxyl groups is 1. The molecule has 1 heterocycles. The highest BCUT2D eigenvalue weighted by atomic mass is 16.6. The Hall–Kier alpha value is -0.450. The monoisotopic (exact) mass is 199 g/mol. The molecule has 0 aromatic heterocycles. The largest absolute Gasteiger partial charge is 0.356 e. The summed E-state index contributed by atoms with van der Waals surface area (Å²) >= 11 is 0. The minimum Gasteiger partial charge on any atom is -0.356 e. The maximum absolute atomic E-state index is 11.6. The maximum atomic E-state index is 11.6. The zero-order valence-electron chi connectivity index (χ0n) is 8.48. The van der Waals surface area contributed by atoms with Crippen molar-refractivity contribution in [3.05, 3.63) is 0 Å². The molecule has 1 unspecified atom stereocenters. The van der Waals surface area contributed by atoms with E-state index in [9.17, 15) is 9.90 Å². The molecule has 0 amide bonds. The van der Waals surface area contributed by atoms with Gasteiger partial charge in [0.15, 0.2) is 0 Å². The molecule has 80 valence electrons. The van der Waals surface area contributed by atoms with Crippen molar-refractivity contribution in [2.24, 2.45) is 5.92 Å². The van der Waals surface area contributed by atoms with Gasteiger partial charge in [-0.3, -0.25) is 9.69 Å². The lowest BCUT2D eigenvalue weighted by Crippen LogP contribution is -2.44. The van der Waals surface area contributed by atoms with Crippen LogP contribution in [0.2, 0.25) is 0 Å². The number of aliphatic hydroxyl groups excluding tert-OH is 1. The Labute approximate surface area is 83.8 Å². The van der Waals surface area contributed by atoms with Crippen molar-refractivity contribution >= 4 is 5.78 Å². The Bertz CT molecular complexity index is 231. The molecular weight excluding hydrogens is 182 g/mol. The molecule has 0 aromatic carbocycles. The average molecular weight is 199 g/mol. The number of hydrogen-bond donors (Lipinski definition) is 1. The number of ketones is 1. The lowest BCUT2D eigenvalue weighted by molar-refractivity contribution is -0.185. The number of carbonyl (C=O) groups is 1. The molecule has 0 radical (unpaired) electrons. The van der Waals surface area contributed by atoms with Gasteiger partial charge in [0.1, 0.15) is 5.78 Å². The van der Waals surface area contributed by atoms with Crippen LogP contribution in [0.4, 0.5) is 0 Å². The average Bonchev–Trinajstić information content (AvgIpc) is 2.62. The zero-order chi connectivity index (χ0) is 10.1. The van der Waals surface area contributed by atoms with E-state index in [-0.39, 0.29) is 12.0 Å². The molecule has 0 aromatic rings. The molecule has 1 saturated carbocycles. The standard InChI is InChI=1S/C10H17NO3/c1-14-10(13)11-6-5-7-8(11)3-2-4-9(7)12/h7-8,10,13H,2-6H2,1H3/t7-,8-,10?/m1/s1. The highest BCUT2D eigenvalue weighted by Crippen LogP contribution is 2.34. The van der Waals surface area contributed by atoms with E-state index in [1.54, 1.807) is 0 Å². The van der Waals surface area contributed by atoms with Crippen LogP contribution in [0.25, 0.3) is 0 Å². The van der Waals surface area contributed by atoms with Gasteiger partial charge in [0.25, 0.3) is 0 Å². The van der Waals surface area contributed by atoms with Gasteiger partial charge in [0.2, 0.25) is 6.41 Å². The van der Waals surface area contributed by atoms with Crippen molar-refractivity contribution < 1.29 is 14.6 Å². The van der Waals surface area contributed by atoms with Crippen LogP contribution in [0.1, 0.15) is 25.7 Å². The van der Waals surface area contributed by atoms with Gasteiger partial charge in [-0.15, -0.1) is 0 Å². The molecule has 14 heavy (non-hydrogen) atoms. The molecule has 2 aliphatic rings. The second-order valence-corrected chi connectivity index (χ2v) is 4.12. The highest BCUT2D eigenvalue weighted by Gasteiger charge is 2.42. The first-order chi connectivity index (χ1) is 6.74. The number of Topliss-reactive ketones (excluding diaryl/α,β-unsaturated/α-hetero) is 1. The van der Waals surface area contributed by atoms with Crippen LogP contribution in [0.15, 0.2) is 0 Å². The van der Waals surface area contributed by atoms with Gasteiger partial charge in [-0.25, -0.2) is 0 Å². The molecule has 1 aliphatic heterocycles. The van der Waals surface area contributed by atoms with E-state index in [4.69, 9.17) is 4.74 Å². The molecule has 1 saturated heterocycles. The van der Waals surface area contributed by atoms with Gasteiger partial charge in [-0.05, 0) is 19.3 Å². The smallest absolute Gasteiger partial charge is 0.216 e. The summed E-state index contributed by atoms with van der Waals surface area (Å²) in [5.74, 6) is 0.514. The van der Waals surface area contributed by atoms with Crippen LogP contribution in [0, 0.1) is 5.92 Å². The highest BCUT2D eigenvalue weighted by molar-refractivity contribution is 5.82. The summed E-state index contributed by atoms with van der Waals surface area (Å²) in [5.41, 5.74) is 0. The number of nitrogens with zero attached hydrogens (tertiary/aromatic N) is 1. The Morgan fingerprint density at radius 2 is 2.36 bits per heavy atom. The predicted octanol–water partition coefficient (Wildman–Crippen LogP) is 0.352. The van der Waals surface area contributed by atoms with Crippen LogP contribution >= 0.6 is 0 Å². The first-order valence-corrected chi connectivity index (χ1v) is 5.23. The Morgan fingerprint density at radius 1 is 1.57 bits per heavy atom. The first-order valence-electron chi connectivity index (χ1n) is 5.23. The number of methoxy groups -OCH3 is 1. The molecule has 1 N–H and O–H groups in total. The zero-order valence-corrected chi connectivity index (χ0v) is 8.48. The number of carbonyl (C=O) groups excluding carboxylic acids is 1. The Kier molecular flexibility index (Phi) is 2.85. The summed E-state index contributed by atoms with van der Waals surface area (Å²) in [6, 6.07) is 0.214. The fraction of sp³-hybridized carbons (Fsp3) is 0.900. The molecule has 4 nitrogen and oxygen atoms in total. The van der Waals surface area contributed by atoms with Crippen molar-refractivity contribution in [2.75, 3.05) is 13.7 Å². The fourth-order valence-corrected chi connectivity index (χ4v) is 2.70. The molecule has 3 atom stereocenters. The van der Waals surface area contributed by atoms with Crippen molar-refractivity contribution in [3.8, 4) is 0 Å². The first kappa shape index (κ1) is 10.1. The van der Waals surface area contributed by atoms with E-state index in [2.05, 4.69) is 0 Å². The van der Waals surface area contributed by atoms with Crippen molar-refractivity contribution in [1.82, 2.24) is 4.90 Å². The van der Waals surface area contributed by atoms with E-state index in [0.29, 0.717) is 5.78 Å². The Balaban J connectivity index is 2.06. The summed E-state index contributed by atoms with van der Waals surface area (Å²) in [5, 5.41) is 9.58. The van der Waals surface area contributed by atoms with Crippen LogP contribution in [-0.2, 0) is 9.53 Å². The van der Waals surface area contributed by atoms with Gasteiger partial charge in [-0.1, -0.05) is 0 Å². The second kappa shape index (κ2) is 3.96. The third kappa shape index (κ3) is 1.58. The number of hydrogen-bond acceptors (Lipinski definition) is 4. The van der Waals surface area contributed by atoms with E-state index < -0.39 is 6.41 Å². The van der Waals surface area contributed by atoms with Crippen LogP contribution in [0.5, 0.6) is 0 Å². The summed E-state index contributed by atoms with van der Waals surface area (Å²) < 4.78 is 4.89. The SMILES string of the molecule is COC(O)N1CC[C@H]2C(=O)CCC[C@H]21. The van der Waals surface area contributed by atoms with E-state index in [1.165, 1.54) is 7.11 Å². The summed E-state index contributed by atoms with van der Waals surface area (Å²) in [4.78, 5) is 13.5. The van der Waals surface area contributed by atoms with Crippen LogP contribution in [-0.4, -0.2) is 41.9 Å². The maximum Gasteiger partial charge on any atom is 0.216 e. The number of rotatable bonds is 2. The molecule has 4 heteroatoms. The molecule has 1 aliphatic carbocycles. The number of fused-ring (bicyclic) bond motifs is 1. The van der Waals surface area contributed by atoms with Crippen molar-refractivity contribution in [2.45, 2.75) is 38.1 Å². The molecule has 2 fully saturated rings. The van der Waals surface area contributed by atoms with Gasteiger partial charge in [0, 0.05) is 32.0 Å². The van der Waals surface area contributed by atoms with Gasteiger partial charge in [0.05, 0.1) is 0 Å². The second-order valence-electron chi connectivity index (χ2n) is 4.12. The molecular formula is C10H17NO3. The quantitative estimate of drug-likeness (QED) is 0.652. The predicted molar refractivity (Wildman–Crippen MR) is 50.5 cm³/mol. The molecule has 2 rings (SSSR count).